The first kappa shape index (κ1) is 18.2. The fourth-order valence-corrected chi connectivity index (χ4v) is 3.80. The second-order valence-corrected chi connectivity index (χ2v) is 7.73. The molecule has 146 valence electrons. The van der Waals surface area contributed by atoms with E-state index >= 15 is 0 Å². The van der Waals surface area contributed by atoms with Gasteiger partial charge in [-0.05, 0) is 31.5 Å². The zero-order valence-corrected chi connectivity index (χ0v) is 16.1. The first-order chi connectivity index (χ1) is 13.4. The van der Waals surface area contributed by atoms with Gasteiger partial charge in [-0.25, -0.2) is 9.78 Å². The fraction of sp³-hybridized carbons (Fsp3) is 0.333. The van der Waals surface area contributed by atoms with Crippen LogP contribution in [0, 0.1) is 13.8 Å². The largest absolute Gasteiger partial charge is 0.454 e. The zero-order valence-electron chi connectivity index (χ0n) is 15.3. The Bertz CT molecular complexity index is 953. The molecule has 0 radical (unpaired) electrons. The second-order valence-electron chi connectivity index (χ2n) is 6.53. The van der Waals surface area contributed by atoms with E-state index in [9.17, 15) is 14.4 Å². The molecule has 1 atom stereocenters. The van der Waals surface area contributed by atoms with Gasteiger partial charge in [-0.3, -0.25) is 14.5 Å². The molecule has 2 aromatic rings. The first-order valence-electron chi connectivity index (χ1n) is 8.65. The van der Waals surface area contributed by atoms with Gasteiger partial charge >= 0.3 is 6.03 Å². The second kappa shape index (κ2) is 7.12. The Balaban J connectivity index is 1.38. The number of hydrogen-bond donors (Lipinski definition) is 2. The van der Waals surface area contributed by atoms with Gasteiger partial charge in [0.05, 0.1) is 18.7 Å². The third-order valence-electron chi connectivity index (χ3n) is 4.55. The van der Waals surface area contributed by atoms with Gasteiger partial charge < -0.3 is 20.1 Å². The Morgan fingerprint density at radius 2 is 2.11 bits per heavy atom. The summed E-state index contributed by atoms with van der Waals surface area (Å²) in [6.45, 7) is 4.01. The number of amides is 4. The lowest BCUT2D eigenvalue weighted by Crippen LogP contribution is -2.34. The average Bonchev–Trinajstić information content (AvgIpc) is 3.30. The van der Waals surface area contributed by atoms with E-state index in [4.69, 9.17) is 9.47 Å². The third-order valence-corrected chi connectivity index (χ3v) is 5.54. The van der Waals surface area contributed by atoms with Crippen LogP contribution in [0.2, 0.25) is 0 Å². The third kappa shape index (κ3) is 3.50. The molecule has 1 saturated heterocycles. The average molecular weight is 402 g/mol. The molecule has 1 aromatic carbocycles. The van der Waals surface area contributed by atoms with Crippen molar-refractivity contribution in [2.24, 2.45) is 0 Å². The normalized spacial score (nSPS) is 17.8. The maximum Gasteiger partial charge on any atom is 0.325 e. The number of carbonyl (C=O) groups is 3. The number of ether oxygens (including phenoxy) is 2. The van der Waals surface area contributed by atoms with Gasteiger partial charge in [0, 0.05) is 4.88 Å². The SMILES string of the molecule is Cc1nc(NC(=O)C[C@@H]2NC(=O)N(Cc3ccc4c(c3)OCO4)C2=O)sc1C. The highest BCUT2D eigenvalue weighted by molar-refractivity contribution is 7.15. The smallest absolute Gasteiger partial charge is 0.325 e. The summed E-state index contributed by atoms with van der Waals surface area (Å²) < 4.78 is 10.6. The monoisotopic (exact) mass is 402 g/mol. The Hall–Kier alpha value is -3.14. The van der Waals surface area contributed by atoms with Crippen LogP contribution in [0.4, 0.5) is 9.93 Å². The Morgan fingerprint density at radius 1 is 1.32 bits per heavy atom. The maximum absolute atomic E-state index is 12.6. The molecule has 0 spiro atoms. The van der Waals surface area contributed by atoms with Crippen LogP contribution in [-0.2, 0) is 16.1 Å². The van der Waals surface area contributed by atoms with E-state index in [-0.39, 0.29) is 25.7 Å². The topological polar surface area (TPSA) is 110 Å². The molecule has 3 heterocycles. The molecule has 4 amide bonds. The molecule has 2 aliphatic heterocycles. The number of nitrogens with zero attached hydrogens (tertiary/aromatic N) is 2. The molecule has 10 heteroatoms. The number of anilines is 1. The van der Waals surface area contributed by atoms with Crippen molar-refractivity contribution in [1.29, 1.82) is 0 Å². The van der Waals surface area contributed by atoms with Gasteiger partial charge in [0.1, 0.15) is 6.04 Å². The molecule has 1 aromatic heterocycles. The van der Waals surface area contributed by atoms with Crippen LogP contribution in [0.15, 0.2) is 18.2 Å². The van der Waals surface area contributed by atoms with Gasteiger partial charge in [0.15, 0.2) is 16.6 Å². The van der Waals surface area contributed by atoms with Gasteiger partial charge in [-0.2, -0.15) is 0 Å². The van der Waals surface area contributed by atoms with Gasteiger partial charge in [-0.15, -0.1) is 11.3 Å². The summed E-state index contributed by atoms with van der Waals surface area (Å²) in [5, 5.41) is 5.72. The molecule has 0 saturated carbocycles. The van der Waals surface area contributed by atoms with Gasteiger partial charge in [0.25, 0.3) is 5.91 Å². The Labute approximate surface area is 164 Å². The van der Waals surface area contributed by atoms with Crippen molar-refractivity contribution in [3.63, 3.8) is 0 Å². The van der Waals surface area contributed by atoms with E-state index in [1.807, 2.05) is 13.8 Å². The number of thiazole rings is 1. The van der Waals surface area contributed by atoms with Crippen LogP contribution >= 0.6 is 11.3 Å². The van der Waals surface area contributed by atoms with Crippen LogP contribution < -0.4 is 20.1 Å². The van der Waals surface area contributed by atoms with Crippen molar-refractivity contribution < 1.29 is 23.9 Å². The standard InChI is InChI=1S/C18H18N4O5S/c1-9-10(2)28-17(19-9)21-15(23)6-12-16(24)22(18(25)20-12)7-11-3-4-13-14(5-11)27-8-26-13/h3-5,12H,6-8H2,1-2H3,(H,20,25)(H,19,21,23)/t12-/m0/s1. The van der Waals surface area contributed by atoms with E-state index in [2.05, 4.69) is 15.6 Å². The van der Waals surface area contributed by atoms with Crippen molar-refractivity contribution in [3.05, 3.63) is 34.3 Å². The summed E-state index contributed by atoms with van der Waals surface area (Å²) in [6.07, 6.45) is -0.153. The predicted molar refractivity (Wildman–Crippen MR) is 100 cm³/mol. The van der Waals surface area contributed by atoms with Crippen molar-refractivity contribution in [1.82, 2.24) is 15.2 Å². The van der Waals surface area contributed by atoms with Crippen molar-refractivity contribution in [3.8, 4) is 11.5 Å². The number of nitrogens with one attached hydrogen (secondary N) is 2. The number of imide groups is 1. The van der Waals surface area contributed by atoms with Crippen LogP contribution in [0.3, 0.4) is 0 Å². The quantitative estimate of drug-likeness (QED) is 0.740. The lowest BCUT2D eigenvalue weighted by atomic mass is 10.1. The van der Waals surface area contributed by atoms with Crippen molar-refractivity contribution >= 4 is 34.3 Å². The minimum absolute atomic E-state index is 0.0876. The summed E-state index contributed by atoms with van der Waals surface area (Å²) >= 11 is 1.37. The minimum Gasteiger partial charge on any atom is -0.454 e. The van der Waals surface area contributed by atoms with Crippen molar-refractivity contribution in [2.75, 3.05) is 12.1 Å². The summed E-state index contributed by atoms with van der Waals surface area (Å²) in [5.41, 5.74) is 1.58. The van der Waals surface area contributed by atoms with Gasteiger partial charge in [-0.1, -0.05) is 6.07 Å². The van der Waals surface area contributed by atoms with Crippen LogP contribution in [0.1, 0.15) is 22.6 Å². The Morgan fingerprint density at radius 3 is 2.86 bits per heavy atom. The fourth-order valence-electron chi connectivity index (χ4n) is 2.97. The van der Waals surface area contributed by atoms with E-state index in [1.165, 1.54) is 11.3 Å². The molecule has 2 N–H and O–H groups in total. The molecule has 9 nitrogen and oxygen atoms in total. The molecule has 0 aliphatic carbocycles. The van der Waals surface area contributed by atoms with Crippen LogP contribution in [0.25, 0.3) is 0 Å². The molecule has 4 rings (SSSR count). The number of fused-ring (bicyclic) bond motifs is 1. The number of carbonyl (C=O) groups excluding carboxylic acids is 3. The molecule has 0 unspecified atom stereocenters. The van der Waals surface area contributed by atoms with Crippen LogP contribution in [0.5, 0.6) is 11.5 Å². The van der Waals surface area contributed by atoms with E-state index in [0.717, 1.165) is 21.0 Å². The lowest BCUT2D eigenvalue weighted by molar-refractivity contribution is -0.130. The maximum atomic E-state index is 12.6. The number of hydrogen-bond acceptors (Lipinski definition) is 7. The van der Waals surface area contributed by atoms with Gasteiger partial charge in [0.2, 0.25) is 12.7 Å². The summed E-state index contributed by atoms with van der Waals surface area (Å²) in [5.74, 6) is 0.388. The number of aromatic nitrogens is 1. The molecular weight excluding hydrogens is 384 g/mol. The van der Waals surface area contributed by atoms with E-state index in [1.54, 1.807) is 18.2 Å². The summed E-state index contributed by atoms with van der Waals surface area (Å²) in [7, 11) is 0. The lowest BCUT2D eigenvalue weighted by Gasteiger charge is -2.13. The number of aryl methyl sites for hydroxylation is 2. The van der Waals surface area contributed by atoms with E-state index < -0.39 is 18.0 Å². The Kier molecular flexibility index (Phi) is 4.63. The number of benzene rings is 1. The summed E-state index contributed by atoms with van der Waals surface area (Å²) in [4.78, 5) is 43.4. The minimum atomic E-state index is -0.899. The molecule has 1 fully saturated rings. The highest BCUT2D eigenvalue weighted by atomic mass is 32.1. The van der Waals surface area contributed by atoms with Crippen molar-refractivity contribution in [2.45, 2.75) is 32.9 Å². The predicted octanol–water partition coefficient (Wildman–Crippen LogP) is 1.94. The molecule has 0 bridgehead atoms. The highest BCUT2D eigenvalue weighted by Crippen LogP contribution is 2.33. The molecule has 2 aliphatic rings. The highest BCUT2D eigenvalue weighted by Gasteiger charge is 2.39. The first-order valence-corrected chi connectivity index (χ1v) is 9.46. The number of urea groups is 1. The zero-order chi connectivity index (χ0) is 19.8. The summed E-state index contributed by atoms with van der Waals surface area (Å²) in [6, 6.07) is 3.81. The molecule has 28 heavy (non-hydrogen) atoms. The number of rotatable bonds is 5. The van der Waals surface area contributed by atoms with Crippen LogP contribution in [-0.4, -0.2) is 40.6 Å². The van der Waals surface area contributed by atoms with E-state index in [0.29, 0.717) is 16.6 Å². The molecular formula is C18H18N4O5S.